The van der Waals surface area contributed by atoms with Crippen molar-refractivity contribution < 1.29 is 0 Å². The Hall–Kier alpha value is -1.55. The molecule has 4 heteroatoms. The molecule has 21 heavy (non-hydrogen) atoms. The molecule has 0 bridgehead atoms. The van der Waals surface area contributed by atoms with E-state index < -0.39 is 0 Å². The molecule has 0 radical (unpaired) electrons. The predicted octanol–water partition coefficient (Wildman–Crippen LogP) is 3.52. The van der Waals surface area contributed by atoms with Crippen molar-refractivity contribution in [2.75, 3.05) is 7.05 Å². The van der Waals surface area contributed by atoms with Crippen LogP contribution in [0.2, 0.25) is 0 Å². The molecule has 2 aromatic heterocycles. The highest BCUT2D eigenvalue weighted by molar-refractivity contribution is 5.14. The van der Waals surface area contributed by atoms with Gasteiger partial charge in [-0.25, -0.2) is 0 Å². The molecule has 3 rings (SSSR count). The Morgan fingerprint density at radius 2 is 2.05 bits per heavy atom. The number of hydrogen-bond acceptors (Lipinski definition) is 2. The average Bonchev–Trinajstić information content (AvgIpc) is 3.17. The highest BCUT2D eigenvalue weighted by Crippen LogP contribution is 2.27. The van der Waals surface area contributed by atoms with Gasteiger partial charge in [0, 0.05) is 24.1 Å². The van der Waals surface area contributed by atoms with Crippen LogP contribution >= 0.6 is 0 Å². The van der Waals surface area contributed by atoms with Gasteiger partial charge in [0.25, 0.3) is 0 Å². The van der Waals surface area contributed by atoms with Gasteiger partial charge in [0.1, 0.15) is 0 Å². The Bertz CT molecular complexity index is 563. The number of nitrogens with zero attached hydrogens (tertiary/aromatic N) is 3. The van der Waals surface area contributed by atoms with E-state index in [1.165, 1.54) is 37.8 Å². The van der Waals surface area contributed by atoms with E-state index in [9.17, 15) is 0 Å². The first kappa shape index (κ1) is 14.4. The van der Waals surface area contributed by atoms with E-state index in [0.29, 0.717) is 12.1 Å². The van der Waals surface area contributed by atoms with Crippen LogP contribution in [-0.2, 0) is 6.54 Å². The second kappa shape index (κ2) is 6.48. The van der Waals surface area contributed by atoms with Gasteiger partial charge in [-0.15, -0.1) is 0 Å². The van der Waals surface area contributed by atoms with Gasteiger partial charge in [0.05, 0.1) is 18.3 Å². The molecular formula is C17H26N4. The quantitative estimate of drug-likeness (QED) is 0.912. The van der Waals surface area contributed by atoms with Gasteiger partial charge in [0.15, 0.2) is 0 Å². The first-order valence-electron chi connectivity index (χ1n) is 8.14. The van der Waals surface area contributed by atoms with Crippen molar-refractivity contribution in [2.45, 2.75) is 57.7 Å². The second-order valence-corrected chi connectivity index (χ2v) is 6.15. The summed E-state index contributed by atoms with van der Waals surface area (Å²) in [6.07, 6.45) is 11.0. The van der Waals surface area contributed by atoms with Gasteiger partial charge in [-0.1, -0.05) is 19.3 Å². The third-order valence-corrected chi connectivity index (χ3v) is 4.69. The molecule has 1 saturated carbocycles. The van der Waals surface area contributed by atoms with Crippen LogP contribution in [0, 0.1) is 0 Å². The molecular weight excluding hydrogens is 260 g/mol. The molecule has 114 valence electrons. The van der Waals surface area contributed by atoms with Crippen molar-refractivity contribution in [3.8, 4) is 0 Å². The molecule has 0 spiro atoms. The van der Waals surface area contributed by atoms with Gasteiger partial charge < -0.3 is 9.88 Å². The first-order valence-corrected chi connectivity index (χ1v) is 8.14. The summed E-state index contributed by atoms with van der Waals surface area (Å²) >= 11 is 0. The zero-order valence-electron chi connectivity index (χ0n) is 13.1. The molecule has 0 aromatic carbocycles. The minimum atomic E-state index is 0.362. The molecule has 2 heterocycles. The molecule has 1 aliphatic carbocycles. The fourth-order valence-corrected chi connectivity index (χ4v) is 3.30. The zero-order chi connectivity index (χ0) is 14.7. The maximum atomic E-state index is 4.81. The second-order valence-electron chi connectivity index (χ2n) is 6.15. The third-order valence-electron chi connectivity index (χ3n) is 4.69. The van der Waals surface area contributed by atoms with Crippen LogP contribution in [0.15, 0.2) is 30.6 Å². The van der Waals surface area contributed by atoms with E-state index in [1.807, 2.05) is 7.05 Å². The van der Waals surface area contributed by atoms with Crippen LogP contribution in [0.5, 0.6) is 0 Å². The van der Waals surface area contributed by atoms with Gasteiger partial charge in [-0.2, -0.15) is 5.10 Å². The molecule has 1 N–H and O–H groups in total. The highest BCUT2D eigenvalue weighted by atomic mass is 15.3. The summed E-state index contributed by atoms with van der Waals surface area (Å²) < 4.78 is 4.48. The van der Waals surface area contributed by atoms with Crippen LogP contribution in [-0.4, -0.2) is 21.4 Å². The lowest BCUT2D eigenvalue weighted by Gasteiger charge is -2.21. The normalized spacial score (nSPS) is 18.0. The molecule has 0 amide bonds. The molecule has 1 aliphatic rings. The zero-order valence-corrected chi connectivity index (χ0v) is 13.1. The Morgan fingerprint density at radius 1 is 1.24 bits per heavy atom. The van der Waals surface area contributed by atoms with Crippen molar-refractivity contribution in [2.24, 2.45) is 0 Å². The highest BCUT2D eigenvalue weighted by Gasteiger charge is 2.16. The SMILES string of the molecule is CNC(C)c1cccn1Cc1ccn(C2CCCCC2)n1. The summed E-state index contributed by atoms with van der Waals surface area (Å²) in [7, 11) is 2.00. The van der Waals surface area contributed by atoms with Crippen molar-refractivity contribution in [3.05, 3.63) is 42.0 Å². The lowest BCUT2D eigenvalue weighted by atomic mass is 9.96. The van der Waals surface area contributed by atoms with E-state index in [4.69, 9.17) is 5.10 Å². The maximum absolute atomic E-state index is 4.81. The third kappa shape index (κ3) is 3.21. The van der Waals surface area contributed by atoms with Gasteiger partial charge in [-0.3, -0.25) is 4.68 Å². The molecule has 4 nitrogen and oxygen atoms in total. The Kier molecular flexibility index (Phi) is 4.44. The van der Waals surface area contributed by atoms with Gasteiger partial charge in [0.2, 0.25) is 0 Å². The van der Waals surface area contributed by atoms with Crippen LogP contribution in [0.4, 0.5) is 0 Å². The van der Waals surface area contributed by atoms with E-state index in [1.54, 1.807) is 0 Å². The molecule has 0 aliphatic heterocycles. The van der Waals surface area contributed by atoms with E-state index in [0.717, 1.165) is 12.2 Å². The minimum absolute atomic E-state index is 0.362. The number of hydrogen-bond donors (Lipinski definition) is 1. The largest absolute Gasteiger partial charge is 0.344 e. The van der Waals surface area contributed by atoms with Crippen molar-refractivity contribution in [1.29, 1.82) is 0 Å². The topological polar surface area (TPSA) is 34.8 Å². The Morgan fingerprint density at radius 3 is 2.81 bits per heavy atom. The number of nitrogens with one attached hydrogen (secondary N) is 1. The van der Waals surface area contributed by atoms with Crippen LogP contribution < -0.4 is 5.32 Å². The van der Waals surface area contributed by atoms with E-state index >= 15 is 0 Å². The van der Waals surface area contributed by atoms with E-state index in [-0.39, 0.29) is 0 Å². The summed E-state index contributed by atoms with van der Waals surface area (Å²) in [6, 6.07) is 7.44. The monoisotopic (exact) mass is 286 g/mol. The standard InChI is InChI=1S/C17H26N4/c1-14(18-2)17-9-6-11-20(17)13-15-10-12-21(19-15)16-7-4-3-5-8-16/h6,9-12,14,16,18H,3-5,7-8,13H2,1-2H3. The minimum Gasteiger partial charge on any atom is -0.344 e. The Balaban J connectivity index is 1.71. The van der Waals surface area contributed by atoms with Gasteiger partial charge in [-0.05, 0) is 45.0 Å². The van der Waals surface area contributed by atoms with Crippen LogP contribution in [0.25, 0.3) is 0 Å². The van der Waals surface area contributed by atoms with Crippen LogP contribution in [0.3, 0.4) is 0 Å². The smallest absolute Gasteiger partial charge is 0.0821 e. The fourth-order valence-electron chi connectivity index (χ4n) is 3.30. The lowest BCUT2D eigenvalue weighted by molar-refractivity contribution is 0.328. The average molecular weight is 286 g/mol. The van der Waals surface area contributed by atoms with E-state index in [2.05, 4.69) is 52.1 Å². The summed E-state index contributed by atoms with van der Waals surface area (Å²) in [5.74, 6) is 0. The van der Waals surface area contributed by atoms with Crippen molar-refractivity contribution in [3.63, 3.8) is 0 Å². The summed E-state index contributed by atoms with van der Waals surface area (Å²) in [5, 5.41) is 8.11. The van der Waals surface area contributed by atoms with Crippen LogP contribution in [0.1, 0.15) is 62.5 Å². The maximum Gasteiger partial charge on any atom is 0.0821 e. The molecule has 1 unspecified atom stereocenters. The van der Waals surface area contributed by atoms with Crippen molar-refractivity contribution >= 4 is 0 Å². The molecule has 2 aromatic rings. The summed E-state index contributed by atoms with van der Waals surface area (Å²) in [4.78, 5) is 0. The molecule has 1 atom stereocenters. The number of aromatic nitrogens is 3. The first-order chi connectivity index (χ1) is 10.3. The van der Waals surface area contributed by atoms with Gasteiger partial charge >= 0.3 is 0 Å². The predicted molar refractivity (Wildman–Crippen MR) is 85.4 cm³/mol. The molecule has 0 saturated heterocycles. The summed E-state index contributed by atoms with van der Waals surface area (Å²) in [5.41, 5.74) is 2.46. The Labute approximate surface area is 127 Å². The number of rotatable bonds is 5. The van der Waals surface area contributed by atoms with Crippen molar-refractivity contribution in [1.82, 2.24) is 19.7 Å². The summed E-state index contributed by atoms with van der Waals surface area (Å²) in [6.45, 7) is 3.04. The molecule has 1 fully saturated rings. The fraction of sp³-hybridized carbons (Fsp3) is 0.588. The lowest BCUT2D eigenvalue weighted by Crippen LogP contribution is -2.17.